The molecule has 1 heterocycles. The van der Waals surface area contributed by atoms with E-state index in [0.717, 1.165) is 41.9 Å². The van der Waals surface area contributed by atoms with Gasteiger partial charge in [-0.25, -0.2) is 12.7 Å². The van der Waals surface area contributed by atoms with Gasteiger partial charge in [-0.3, -0.25) is 4.79 Å². The van der Waals surface area contributed by atoms with Crippen molar-refractivity contribution in [2.24, 2.45) is 0 Å². The van der Waals surface area contributed by atoms with Crippen LogP contribution >= 0.6 is 0 Å². The molecule has 0 radical (unpaired) electrons. The third kappa shape index (κ3) is 4.35. The molecule has 1 aliphatic heterocycles. The third-order valence-electron chi connectivity index (χ3n) is 4.89. The minimum atomic E-state index is -3.51. The standard InChI is InChI=1S/C20H26N4O3S/c1-22(2)28(26,27)17-10-8-16(9-11-17)20(25)21-18-6-4-5-7-19(18)24-14-12-23(3)13-15-24/h4-11H,12-15H2,1-3H3,(H,21,25). The highest BCUT2D eigenvalue weighted by atomic mass is 32.2. The van der Waals surface area contributed by atoms with Crippen molar-refractivity contribution in [2.45, 2.75) is 4.90 Å². The summed E-state index contributed by atoms with van der Waals surface area (Å²) in [5.41, 5.74) is 2.16. The van der Waals surface area contributed by atoms with Gasteiger partial charge in [-0.2, -0.15) is 0 Å². The molecule has 0 aromatic heterocycles. The van der Waals surface area contributed by atoms with E-state index >= 15 is 0 Å². The normalized spacial score (nSPS) is 15.6. The number of anilines is 2. The van der Waals surface area contributed by atoms with E-state index in [9.17, 15) is 13.2 Å². The van der Waals surface area contributed by atoms with Crippen LogP contribution in [0.15, 0.2) is 53.4 Å². The van der Waals surface area contributed by atoms with Gasteiger partial charge in [0.1, 0.15) is 0 Å². The maximum Gasteiger partial charge on any atom is 0.255 e. The topological polar surface area (TPSA) is 73.0 Å². The second kappa shape index (κ2) is 8.30. The number of benzene rings is 2. The van der Waals surface area contributed by atoms with Crippen LogP contribution < -0.4 is 10.2 Å². The van der Waals surface area contributed by atoms with E-state index in [1.54, 1.807) is 0 Å². The zero-order valence-corrected chi connectivity index (χ0v) is 17.2. The van der Waals surface area contributed by atoms with Gasteiger partial charge in [0.2, 0.25) is 10.0 Å². The average molecular weight is 403 g/mol. The second-order valence-corrected chi connectivity index (χ2v) is 9.23. The molecule has 1 saturated heterocycles. The number of amides is 1. The van der Waals surface area contributed by atoms with Crippen molar-refractivity contribution in [1.82, 2.24) is 9.21 Å². The minimum absolute atomic E-state index is 0.159. The van der Waals surface area contributed by atoms with Gasteiger partial charge in [0.05, 0.1) is 16.3 Å². The monoisotopic (exact) mass is 402 g/mol. The fraction of sp³-hybridized carbons (Fsp3) is 0.350. The predicted molar refractivity (Wildman–Crippen MR) is 111 cm³/mol. The number of nitrogens with one attached hydrogen (secondary N) is 1. The Morgan fingerprint density at radius 1 is 0.964 bits per heavy atom. The van der Waals surface area contributed by atoms with Gasteiger partial charge in [-0.05, 0) is 43.4 Å². The Labute approximate surface area is 166 Å². The first-order valence-corrected chi connectivity index (χ1v) is 10.6. The molecule has 2 aromatic rings. The van der Waals surface area contributed by atoms with Crippen LogP contribution in [0, 0.1) is 0 Å². The fourth-order valence-corrected chi connectivity index (χ4v) is 3.99. The smallest absolute Gasteiger partial charge is 0.255 e. The van der Waals surface area contributed by atoms with E-state index in [2.05, 4.69) is 22.2 Å². The summed E-state index contributed by atoms with van der Waals surface area (Å²) >= 11 is 0. The van der Waals surface area contributed by atoms with Crippen molar-refractivity contribution < 1.29 is 13.2 Å². The zero-order chi connectivity index (χ0) is 20.3. The average Bonchev–Trinajstić information content (AvgIpc) is 2.69. The van der Waals surface area contributed by atoms with Crippen molar-refractivity contribution in [3.8, 4) is 0 Å². The van der Waals surface area contributed by atoms with Gasteiger partial charge < -0.3 is 15.1 Å². The Bertz CT molecular complexity index is 934. The highest BCUT2D eigenvalue weighted by Crippen LogP contribution is 2.27. The van der Waals surface area contributed by atoms with Gasteiger partial charge in [-0.1, -0.05) is 12.1 Å². The first-order chi connectivity index (χ1) is 13.3. The van der Waals surface area contributed by atoms with Crippen LogP contribution in [0.3, 0.4) is 0 Å². The van der Waals surface area contributed by atoms with E-state index in [-0.39, 0.29) is 10.8 Å². The first kappa shape index (κ1) is 20.3. The van der Waals surface area contributed by atoms with Crippen LogP contribution in [-0.2, 0) is 10.0 Å². The molecular weight excluding hydrogens is 376 g/mol. The van der Waals surface area contributed by atoms with Gasteiger partial charge in [0.15, 0.2) is 0 Å². The molecule has 0 atom stereocenters. The lowest BCUT2D eigenvalue weighted by Gasteiger charge is -2.35. The van der Waals surface area contributed by atoms with Gasteiger partial charge in [0, 0.05) is 45.8 Å². The molecule has 1 aliphatic rings. The lowest BCUT2D eigenvalue weighted by molar-refractivity contribution is 0.102. The molecule has 0 spiro atoms. The molecule has 0 aliphatic carbocycles. The molecule has 1 fully saturated rings. The molecule has 3 rings (SSSR count). The van der Waals surface area contributed by atoms with E-state index < -0.39 is 10.0 Å². The van der Waals surface area contributed by atoms with Crippen LogP contribution in [0.1, 0.15) is 10.4 Å². The number of piperazine rings is 1. The quantitative estimate of drug-likeness (QED) is 0.828. The zero-order valence-electron chi connectivity index (χ0n) is 16.4. The van der Waals surface area contributed by atoms with Gasteiger partial charge >= 0.3 is 0 Å². The third-order valence-corrected chi connectivity index (χ3v) is 6.72. The van der Waals surface area contributed by atoms with E-state index in [0.29, 0.717) is 5.56 Å². The molecule has 150 valence electrons. The van der Waals surface area contributed by atoms with Crippen molar-refractivity contribution in [1.29, 1.82) is 0 Å². The minimum Gasteiger partial charge on any atom is -0.367 e. The van der Waals surface area contributed by atoms with E-state index in [1.807, 2.05) is 24.3 Å². The maximum absolute atomic E-state index is 12.7. The largest absolute Gasteiger partial charge is 0.367 e. The van der Waals surface area contributed by atoms with Crippen molar-refractivity contribution in [3.05, 3.63) is 54.1 Å². The van der Waals surface area contributed by atoms with E-state index in [4.69, 9.17) is 0 Å². The summed E-state index contributed by atoms with van der Waals surface area (Å²) in [6, 6.07) is 13.7. The number of para-hydroxylation sites is 2. The first-order valence-electron chi connectivity index (χ1n) is 9.15. The number of nitrogens with zero attached hydrogens (tertiary/aromatic N) is 3. The molecule has 0 unspecified atom stereocenters. The summed E-state index contributed by atoms with van der Waals surface area (Å²) in [4.78, 5) is 17.4. The second-order valence-electron chi connectivity index (χ2n) is 7.07. The number of hydrogen-bond acceptors (Lipinski definition) is 5. The van der Waals surface area contributed by atoms with Crippen LogP contribution in [0.2, 0.25) is 0 Å². The molecule has 1 amide bonds. The Balaban J connectivity index is 1.77. The SMILES string of the molecule is CN1CCN(c2ccccc2NC(=O)c2ccc(S(=O)(=O)N(C)C)cc2)CC1. The number of carbonyl (C=O) groups excluding carboxylic acids is 1. The van der Waals surface area contributed by atoms with E-state index in [1.165, 1.54) is 38.4 Å². The summed E-state index contributed by atoms with van der Waals surface area (Å²) in [6.45, 7) is 3.76. The number of hydrogen-bond donors (Lipinski definition) is 1. The van der Waals surface area contributed by atoms with Gasteiger partial charge in [0.25, 0.3) is 5.91 Å². The lowest BCUT2D eigenvalue weighted by Crippen LogP contribution is -2.44. The molecule has 0 bridgehead atoms. The predicted octanol–water partition coefficient (Wildman–Crippen LogP) is 1.94. The summed E-state index contributed by atoms with van der Waals surface area (Å²) in [6.07, 6.45) is 0. The lowest BCUT2D eigenvalue weighted by atomic mass is 10.2. The Morgan fingerprint density at radius 2 is 1.57 bits per heavy atom. The number of likely N-dealkylation sites (N-methyl/N-ethyl adjacent to an activating group) is 1. The Kier molecular flexibility index (Phi) is 6.02. The maximum atomic E-state index is 12.7. The summed E-state index contributed by atoms with van der Waals surface area (Å²) < 4.78 is 25.5. The molecule has 2 aromatic carbocycles. The molecule has 28 heavy (non-hydrogen) atoms. The van der Waals surface area contributed by atoms with Crippen molar-refractivity contribution in [2.75, 3.05) is 57.5 Å². The van der Waals surface area contributed by atoms with Crippen LogP contribution in [0.5, 0.6) is 0 Å². The molecular formula is C20H26N4O3S. The van der Waals surface area contributed by atoms with Crippen molar-refractivity contribution >= 4 is 27.3 Å². The van der Waals surface area contributed by atoms with Gasteiger partial charge in [-0.15, -0.1) is 0 Å². The van der Waals surface area contributed by atoms with Crippen LogP contribution in [-0.4, -0.2) is 70.9 Å². The number of carbonyl (C=O) groups is 1. The molecule has 8 heteroatoms. The number of sulfonamides is 1. The fourth-order valence-electron chi connectivity index (χ4n) is 3.09. The molecule has 7 nitrogen and oxygen atoms in total. The number of rotatable bonds is 5. The van der Waals surface area contributed by atoms with Crippen molar-refractivity contribution in [3.63, 3.8) is 0 Å². The molecule has 0 saturated carbocycles. The highest BCUT2D eigenvalue weighted by Gasteiger charge is 2.20. The summed E-state index contributed by atoms with van der Waals surface area (Å²) in [5, 5.41) is 2.96. The summed E-state index contributed by atoms with van der Waals surface area (Å²) in [7, 11) is 1.54. The summed E-state index contributed by atoms with van der Waals surface area (Å²) in [5.74, 6) is -0.268. The van der Waals surface area contributed by atoms with Crippen LogP contribution in [0.4, 0.5) is 11.4 Å². The highest BCUT2D eigenvalue weighted by molar-refractivity contribution is 7.89. The Morgan fingerprint density at radius 3 is 2.18 bits per heavy atom. The Hall–Kier alpha value is -2.42. The van der Waals surface area contributed by atoms with Crippen LogP contribution in [0.25, 0.3) is 0 Å². The molecule has 1 N–H and O–H groups in total.